The van der Waals surface area contributed by atoms with Crippen molar-refractivity contribution in [1.82, 2.24) is 10.2 Å². The molecule has 2 aliphatic carbocycles. The molecule has 0 radical (unpaired) electrons. The van der Waals surface area contributed by atoms with E-state index in [9.17, 15) is 5.11 Å². The zero-order valence-electron chi connectivity index (χ0n) is 15.2. The van der Waals surface area contributed by atoms with Crippen LogP contribution in [-0.4, -0.2) is 53.2 Å². The fraction of sp³-hybridized carbons (Fsp3) is 0.700. The van der Waals surface area contributed by atoms with Crippen molar-refractivity contribution in [2.24, 2.45) is 10.9 Å². The zero-order valence-corrected chi connectivity index (χ0v) is 16.8. The van der Waals surface area contributed by atoms with Gasteiger partial charge in [0.05, 0.1) is 17.1 Å². The Labute approximate surface area is 167 Å². The number of halogens is 1. The first-order valence-corrected chi connectivity index (χ1v) is 10.9. The molecule has 0 amide bonds. The van der Waals surface area contributed by atoms with Crippen LogP contribution in [0, 0.1) is 17.2 Å². The van der Waals surface area contributed by atoms with E-state index in [0.29, 0.717) is 35.6 Å². The van der Waals surface area contributed by atoms with Crippen LogP contribution in [-0.2, 0) is 0 Å². The van der Waals surface area contributed by atoms with Crippen LogP contribution >= 0.6 is 15.9 Å². The molecule has 6 nitrogen and oxygen atoms in total. The van der Waals surface area contributed by atoms with Crippen molar-refractivity contribution >= 4 is 22.1 Å². The Balaban J connectivity index is 1.17. The van der Waals surface area contributed by atoms with Crippen molar-refractivity contribution in [2.75, 3.05) is 6.54 Å². The van der Waals surface area contributed by atoms with Crippen LogP contribution in [0.3, 0.4) is 0 Å². The van der Waals surface area contributed by atoms with Crippen molar-refractivity contribution in [2.45, 2.75) is 73.7 Å². The maximum atomic E-state index is 10.2. The van der Waals surface area contributed by atoms with Gasteiger partial charge in [0.2, 0.25) is 5.76 Å². The summed E-state index contributed by atoms with van der Waals surface area (Å²) in [5.41, 5.74) is 0.995. The predicted molar refractivity (Wildman–Crippen MR) is 105 cm³/mol. The molecule has 5 rings (SSSR count). The third-order valence-electron chi connectivity index (χ3n) is 6.89. The van der Waals surface area contributed by atoms with Crippen LogP contribution in [0.25, 0.3) is 0 Å². The molecule has 2 aliphatic heterocycles. The average Bonchev–Trinajstić information content (AvgIpc) is 3.38. The van der Waals surface area contributed by atoms with E-state index in [1.807, 2.05) is 0 Å². The van der Waals surface area contributed by atoms with Crippen LogP contribution in [0.1, 0.15) is 60.4 Å². The Bertz CT molecular complexity index is 779. The summed E-state index contributed by atoms with van der Waals surface area (Å²) >= 11 is 3.74. The molecule has 3 fully saturated rings. The number of nitrogens with zero attached hydrogens (tertiary/aromatic N) is 3. The summed E-state index contributed by atoms with van der Waals surface area (Å²) in [7, 11) is 0. The molecule has 3 heterocycles. The molecule has 1 saturated heterocycles. The lowest BCUT2D eigenvalue weighted by molar-refractivity contribution is 0.0194. The molecule has 1 aromatic heterocycles. The van der Waals surface area contributed by atoms with Crippen LogP contribution in [0.4, 0.5) is 0 Å². The number of hydrogen-bond donors (Lipinski definition) is 2. The number of piperidine rings is 1. The second-order valence-corrected chi connectivity index (χ2v) is 9.49. The monoisotopic (exact) mass is 432 g/mol. The first-order chi connectivity index (χ1) is 13.1. The largest absolute Gasteiger partial charge is 0.444 e. The molecular weight excluding hydrogens is 408 g/mol. The molecule has 0 spiro atoms. The van der Waals surface area contributed by atoms with Crippen LogP contribution in [0.15, 0.2) is 15.5 Å². The third kappa shape index (κ3) is 3.17. The van der Waals surface area contributed by atoms with Gasteiger partial charge in [0.15, 0.2) is 5.76 Å². The quantitative estimate of drug-likeness (QED) is 0.717. The van der Waals surface area contributed by atoms with E-state index in [-0.39, 0.29) is 17.1 Å². The highest BCUT2D eigenvalue weighted by Gasteiger charge is 2.47. The number of hydrogen-bond acceptors (Lipinski definition) is 6. The molecule has 5 unspecified atom stereocenters. The van der Waals surface area contributed by atoms with Crippen molar-refractivity contribution in [3.63, 3.8) is 0 Å². The number of aliphatic hydroxyl groups excluding tert-OH is 1. The number of alkyl halides is 1. The van der Waals surface area contributed by atoms with E-state index in [0.717, 1.165) is 24.8 Å². The molecule has 1 aromatic rings. The van der Waals surface area contributed by atoms with Crippen molar-refractivity contribution in [1.29, 1.82) is 5.26 Å². The molecule has 0 aromatic carbocycles. The van der Waals surface area contributed by atoms with E-state index in [1.54, 1.807) is 12.3 Å². The topological polar surface area (TPSA) is 84.8 Å². The number of furan rings is 1. The molecule has 144 valence electrons. The maximum absolute atomic E-state index is 10.2. The number of aliphatic imine (C=N–C) groups is 1. The van der Waals surface area contributed by atoms with Gasteiger partial charge >= 0.3 is 0 Å². The minimum absolute atomic E-state index is 0.0190. The molecule has 2 N–H and O–H groups in total. The van der Waals surface area contributed by atoms with Gasteiger partial charge in [0.25, 0.3) is 0 Å². The van der Waals surface area contributed by atoms with Crippen molar-refractivity contribution in [3.8, 4) is 6.07 Å². The number of nitriles is 1. The number of fused-ring (bicyclic) bond motifs is 3. The van der Waals surface area contributed by atoms with Gasteiger partial charge in [-0.25, -0.2) is 0 Å². The fourth-order valence-corrected chi connectivity index (χ4v) is 6.23. The highest BCUT2D eigenvalue weighted by molar-refractivity contribution is 9.09. The van der Waals surface area contributed by atoms with E-state index < -0.39 is 0 Å². The van der Waals surface area contributed by atoms with Gasteiger partial charge in [-0.1, -0.05) is 15.9 Å². The van der Waals surface area contributed by atoms with E-state index in [1.165, 1.54) is 25.8 Å². The number of nitrogens with one attached hydrogen (secondary N) is 1. The van der Waals surface area contributed by atoms with Gasteiger partial charge in [0, 0.05) is 36.3 Å². The molecule has 27 heavy (non-hydrogen) atoms. The summed E-state index contributed by atoms with van der Waals surface area (Å²) in [6.45, 7) is 1.19. The third-order valence-corrected chi connectivity index (χ3v) is 7.88. The summed E-state index contributed by atoms with van der Waals surface area (Å²) in [4.78, 5) is 7.22. The number of likely N-dealkylation sites (tertiary alicyclic amines) is 1. The van der Waals surface area contributed by atoms with E-state index in [2.05, 4.69) is 37.2 Å². The molecule has 7 heteroatoms. The summed E-state index contributed by atoms with van der Waals surface area (Å²) in [5.74, 6) is 1.73. The first-order valence-electron chi connectivity index (χ1n) is 10.0. The zero-order chi connectivity index (χ0) is 18.5. The number of aliphatic hydroxyl groups is 1. The van der Waals surface area contributed by atoms with Crippen molar-refractivity contribution in [3.05, 3.63) is 23.2 Å². The molecule has 4 aliphatic rings. The highest BCUT2D eigenvalue weighted by atomic mass is 79.9. The second kappa shape index (κ2) is 7.00. The minimum atomic E-state index is -0.104. The van der Waals surface area contributed by atoms with Crippen LogP contribution < -0.4 is 5.32 Å². The lowest BCUT2D eigenvalue weighted by atomic mass is 9.88. The SMILES string of the molecule is N#Cc1cc2c(o1)C=NC(NC1CCC(N3CC4CC(O)C3C4)CC1)C2Br. The number of rotatable bonds is 3. The molecule has 2 saturated carbocycles. The van der Waals surface area contributed by atoms with Crippen LogP contribution in [0.2, 0.25) is 0 Å². The van der Waals surface area contributed by atoms with E-state index in [4.69, 9.17) is 9.68 Å². The molecule has 5 atom stereocenters. The minimum Gasteiger partial charge on any atom is -0.444 e. The van der Waals surface area contributed by atoms with Crippen LogP contribution in [0.5, 0.6) is 0 Å². The van der Waals surface area contributed by atoms with Gasteiger partial charge in [0.1, 0.15) is 12.2 Å². The fourth-order valence-electron chi connectivity index (χ4n) is 5.58. The standard InChI is InChI=1S/C20H25BrN4O2/c21-19-15-7-14(8-22)27-18(15)9-23-20(19)24-12-1-3-13(4-2-12)25-10-11-5-16(25)17(26)6-11/h7,9,11-13,16-17,19-20,24,26H,1-6,10H2. The summed E-state index contributed by atoms with van der Waals surface area (Å²) in [6, 6.07) is 5.35. The summed E-state index contributed by atoms with van der Waals surface area (Å²) in [6.07, 6.45) is 8.45. The smallest absolute Gasteiger partial charge is 0.204 e. The van der Waals surface area contributed by atoms with E-state index >= 15 is 0 Å². The maximum Gasteiger partial charge on any atom is 0.204 e. The van der Waals surface area contributed by atoms with Crippen molar-refractivity contribution < 1.29 is 9.52 Å². The predicted octanol–water partition coefficient (Wildman–Crippen LogP) is 2.70. The Kier molecular flexibility index (Phi) is 4.63. The Morgan fingerprint density at radius 1 is 1.30 bits per heavy atom. The summed E-state index contributed by atoms with van der Waals surface area (Å²) in [5, 5.41) is 22.9. The first kappa shape index (κ1) is 17.9. The van der Waals surface area contributed by atoms with Gasteiger partial charge in [-0.3, -0.25) is 15.2 Å². The Hall–Kier alpha value is -1.20. The normalized spacial score (nSPS) is 40.9. The van der Waals surface area contributed by atoms with Gasteiger partial charge < -0.3 is 9.52 Å². The van der Waals surface area contributed by atoms with Gasteiger partial charge in [-0.2, -0.15) is 5.26 Å². The second-order valence-electron chi connectivity index (χ2n) is 8.51. The highest BCUT2D eigenvalue weighted by Crippen LogP contribution is 2.41. The van der Waals surface area contributed by atoms with Gasteiger partial charge in [-0.05, 0) is 44.4 Å². The molecular formula is C20H25BrN4O2. The Morgan fingerprint density at radius 3 is 2.81 bits per heavy atom. The van der Waals surface area contributed by atoms with Gasteiger partial charge in [-0.15, -0.1) is 0 Å². The lowest BCUT2D eigenvalue weighted by Crippen LogP contribution is -2.50. The lowest BCUT2D eigenvalue weighted by Gasteiger charge is -2.41. The average molecular weight is 433 g/mol. The summed E-state index contributed by atoms with van der Waals surface area (Å²) < 4.78 is 5.47. The Morgan fingerprint density at radius 2 is 2.11 bits per heavy atom. The molecule has 2 bridgehead atoms.